The Labute approximate surface area is 139 Å². The van der Waals surface area contributed by atoms with Gasteiger partial charge in [-0.3, -0.25) is 9.59 Å². The van der Waals surface area contributed by atoms with Gasteiger partial charge in [0.1, 0.15) is 12.6 Å². The summed E-state index contributed by atoms with van der Waals surface area (Å²) < 4.78 is 36.7. The van der Waals surface area contributed by atoms with Crippen molar-refractivity contribution in [2.75, 3.05) is 13.1 Å². The summed E-state index contributed by atoms with van der Waals surface area (Å²) in [5, 5.41) is 1.88. The van der Waals surface area contributed by atoms with Crippen LogP contribution in [0.1, 0.15) is 29.5 Å². The van der Waals surface area contributed by atoms with Gasteiger partial charge in [-0.05, 0) is 37.8 Å². The highest BCUT2D eigenvalue weighted by Gasteiger charge is 2.36. The predicted octanol–water partition coefficient (Wildman–Crippen LogP) is 2.52. The standard InChI is InChI=1S/C17H21F3N2O2/c1-11-5-6-12(2)13(8-11)9-15(23)22-7-3-4-14(22)16(24)21-10-17(18,19)20/h5-6,8,14H,3-4,7,9-10H2,1-2H3,(H,21,24)/t14-/m0/s1. The second-order valence-electron chi connectivity index (χ2n) is 6.18. The lowest BCUT2D eigenvalue weighted by molar-refractivity contribution is -0.144. The number of aryl methyl sites for hydroxylation is 2. The summed E-state index contributed by atoms with van der Waals surface area (Å²) in [6.45, 7) is 2.85. The normalized spacial score (nSPS) is 17.9. The van der Waals surface area contributed by atoms with Gasteiger partial charge in [-0.15, -0.1) is 0 Å². The summed E-state index contributed by atoms with van der Waals surface area (Å²) in [5.74, 6) is -0.965. The fraction of sp³-hybridized carbons (Fsp3) is 0.529. The van der Waals surface area contributed by atoms with Gasteiger partial charge in [0, 0.05) is 6.54 Å². The SMILES string of the molecule is Cc1ccc(C)c(CC(=O)N2CCC[C@H]2C(=O)NCC(F)(F)F)c1. The molecule has 1 aromatic carbocycles. The Morgan fingerprint density at radius 2 is 2.00 bits per heavy atom. The van der Waals surface area contributed by atoms with Crippen molar-refractivity contribution in [2.45, 2.75) is 45.3 Å². The van der Waals surface area contributed by atoms with Crippen LogP contribution in [0.4, 0.5) is 13.2 Å². The molecule has 2 rings (SSSR count). The Morgan fingerprint density at radius 1 is 1.29 bits per heavy atom. The van der Waals surface area contributed by atoms with E-state index in [-0.39, 0.29) is 12.3 Å². The van der Waals surface area contributed by atoms with Crippen LogP contribution in [0.2, 0.25) is 0 Å². The molecule has 0 aliphatic carbocycles. The highest BCUT2D eigenvalue weighted by Crippen LogP contribution is 2.21. The lowest BCUT2D eigenvalue weighted by Gasteiger charge is -2.24. The molecule has 1 fully saturated rings. The van der Waals surface area contributed by atoms with E-state index in [1.807, 2.05) is 37.4 Å². The molecule has 0 spiro atoms. The lowest BCUT2D eigenvalue weighted by atomic mass is 10.0. The predicted molar refractivity (Wildman–Crippen MR) is 83.4 cm³/mol. The van der Waals surface area contributed by atoms with Gasteiger partial charge >= 0.3 is 6.18 Å². The summed E-state index contributed by atoms with van der Waals surface area (Å²) >= 11 is 0. The molecule has 0 bridgehead atoms. The molecular formula is C17H21F3N2O2. The maximum Gasteiger partial charge on any atom is 0.405 e. The van der Waals surface area contributed by atoms with E-state index < -0.39 is 24.7 Å². The van der Waals surface area contributed by atoms with Crippen molar-refractivity contribution in [1.29, 1.82) is 0 Å². The van der Waals surface area contributed by atoms with Crippen LogP contribution >= 0.6 is 0 Å². The first-order valence-electron chi connectivity index (χ1n) is 7.87. The number of likely N-dealkylation sites (tertiary alicyclic amines) is 1. The van der Waals surface area contributed by atoms with Gasteiger partial charge in [-0.25, -0.2) is 0 Å². The van der Waals surface area contributed by atoms with Crippen LogP contribution in [0.5, 0.6) is 0 Å². The zero-order valence-corrected chi connectivity index (χ0v) is 13.7. The summed E-state index contributed by atoms with van der Waals surface area (Å²) in [7, 11) is 0. The van der Waals surface area contributed by atoms with Crippen molar-refractivity contribution in [3.05, 3.63) is 34.9 Å². The number of nitrogens with one attached hydrogen (secondary N) is 1. The fourth-order valence-corrected chi connectivity index (χ4v) is 2.90. The number of carbonyl (C=O) groups is 2. The zero-order chi connectivity index (χ0) is 17.9. The summed E-state index contributed by atoms with van der Waals surface area (Å²) in [6, 6.07) is 4.98. The molecule has 1 aromatic rings. The Bertz CT molecular complexity index is 629. The summed E-state index contributed by atoms with van der Waals surface area (Å²) in [6.07, 6.45) is -3.30. The third-order valence-corrected chi connectivity index (χ3v) is 4.19. The number of amides is 2. The van der Waals surface area contributed by atoms with Gasteiger partial charge in [-0.2, -0.15) is 13.2 Å². The van der Waals surface area contributed by atoms with Crippen molar-refractivity contribution in [3.8, 4) is 0 Å². The number of benzene rings is 1. The van der Waals surface area contributed by atoms with Crippen molar-refractivity contribution in [2.24, 2.45) is 0 Å². The molecule has 1 aliphatic rings. The van der Waals surface area contributed by atoms with Gasteiger partial charge in [-0.1, -0.05) is 23.8 Å². The first-order chi connectivity index (χ1) is 11.2. The van der Waals surface area contributed by atoms with E-state index in [1.165, 1.54) is 4.90 Å². The molecule has 1 atom stereocenters. The number of hydrogen-bond donors (Lipinski definition) is 1. The lowest BCUT2D eigenvalue weighted by Crippen LogP contribution is -2.48. The van der Waals surface area contributed by atoms with Crippen molar-refractivity contribution < 1.29 is 22.8 Å². The van der Waals surface area contributed by atoms with Gasteiger partial charge in [0.05, 0.1) is 6.42 Å². The van der Waals surface area contributed by atoms with E-state index in [4.69, 9.17) is 0 Å². The minimum atomic E-state index is -4.46. The molecule has 1 aliphatic heterocycles. The van der Waals surface area contributed by atoms with Crippen molar-refractivity contribution in [1.82, 2.24) is 10.2 Å². The van der Waals surface area contributed by atoms with Crippen LogP contribution in [-0.4, -0.2) is 42.0 Å². The number of nitrogens with zero attached hydrogens (tertiary/aromatic N) is 1. The third kappa shape index (κ3) is 4.72. The van der Waals surface area contributed by atoms with E-state index >= 15 is 0 Å². The molecule has 2 amide bonds. The zero-order valence-electron chi connectivity index (χ0n) is 13.7. The van der Waals surface area contributed by atoms with Crippen LogP contribution in [0.25, 0.3) is 0 Å². The monoisotopic (exact) mass is 342 g/mol. The second-order valence-corrected chi connectivity index (χ2v) is 6.18. The second kappa shape index (κ2) is 7.23. The minimum Gasteiger partial charge on any atom is -0.345 e. The molecule has 0 unspecified atom stereocenters. The Balaban J connectivity index is 2.02. The number of hydrogen-bond acceptors (Lipinski definition) is 2. The number of alkyl halides is 3. The Morgan fingerprint density at radius 3 is 2.67 bits per heavy atom. The third-order valence-electron chi connectivity index (χ3n) is 4.19. The van der Waals surface area contributed by atoms with Gasteiger partial charge < -0.3 is 10.2 Å². The first kappa shape index (κ1) is 18.3. The molecule has 1 saturated heterocycles. The first-order valence-corrected chi connectivity index (χ1v) is 7.87. The van der Waals surface area contributed by atoms with Gasteiger partial charge in [0.25, 0.3) is 0 Å². The van der Waals surface area contributed by atoms with E-state index in [9.17, 15) is 22.8 Å². The topological polar surface area (TPSA) is 49.4 Å². The van der Waals surface area contributed by atoms with Gasteiger partial charge in [0.2, 0.25) is 11.8 Å². The number of rotatable bonds is 4. The molecule has 7 heteroatoms. The largest absolute Gasteiger partial charge is 0.405 e. The van der Waals surface area contributed by atoms with Crippen LogP contribution in [-0.2, 0) is 16.0 Å². The molecule has 1 N–H and O–H groups in total. The smallest absolute Gasteiger partial charge is 0.345 e. The Hall–Kier alpha value is -2.05. The number of carbonyl (C=O) groups excluding carboxylic acids is 2. The molecule has 0 aromatic heterocycles. The maximum atomic E-state index is 12.5. The molecule has 132 valence electrons. The summed E-state index contributed by atoms with van der Waals surface area (Å²) in [4.78, 5) is 25.9. The van der Waals surface area contributed by atoms with Crippen molar-refractivity contribution >= 4 is 11.8 Å². The Kier molecular flexibility index (Phi) is 5.51. The van der Waals surface area contributed by atoms with Gasteiger partial charge in [0.15, 0.2) is 0 Å². The van der Waals surface area contributed by atoms with Crippen molar-refractivity contribution in [3.63, 3.8) is 0 Å². The molecular weight excluding hydrogens is 321 g/mol. The quantitative estimate of drug-likeness (QED) is 0.914. The average molecular weight is 342 g/mol. The molecule has 24 heavy (non-hydrogen) atoms. The summed E-state index contributed by atoms with van der Waals surface area (Å²) in [5.41, 5.74) is 2.89. The fourth-order valence-electron chi connectivity index (χ4n) is 2.90. The van der Waals surface area contributed by atoms with Crippen LogP contribution in [0.3, 0.4) is 0 Å². The molecule has 0 saturated carbocycles. The molecule has 1 heterocycles. The van der Waals surface area contributed by atoms with Crippen LogP contribution in [0.15, 0.2) is 18.2 Å². The average Bonchev–Trinajstić information content (AvgIpc) is 2.97. The minimum absolute atomic E-state index is 0.149. The van der Waals surface area contributed by atoms with E-state index in [0.717, 1.165) is 16.7 Å². The maximum absolute atomic E-state index is 12.5. The van der Waals surface area contributed by atoms with Crippen LogP contribution < -0.4 is 5.32 Å². The molecule has 0 radical (unpaired) electrons. The highest BCUT2D eigenvalue weighted by molar-refractivity contribution is 5.89. The van der Waals surface area contributed by atoms with Crippen LogP contribution in [0, 0.1) is 13.8 Å². The van der Waals surface area contributed by atoms with E-state index in [1.54, 1.807) is 0 Å². The number of halogens is 3. The highest BCUT2D eigenvalue weighted by atomic mass is 19.4. The molecule has 4 nitrogen and oxygen atoms in total. The van der Waals surface area contributed by atoms with E-state index in [0.29, 0.717) is 19.4 Å². The van der Waals surface area contributed by atoms with E-state index in [2.05, 4.69) is 0 Å².